The molecule has 0 aliphatic rings. The standard InChI is InChI=1S/C17H18F4O9S.Na/c1-9(2)17(23)29-8-7-28-6-5-27-4-3-10(22)30-15-11(18)13(20)16(31(24,25)26)14(21)12(15)19;/h1,3-8H2,2H3,(H,24,25,26);/q;+1/p-1. The van der Waals surface area contributed by atoms with Gasteiger partial charge < -0.3 is 23.5 Å². The quantitative estimate of drug-likeness (QED) is 0.0502. The SMILES string of the molecule is C=C(C)C(=O)OCCOCCOCCC(=O)Oc1c(F)c(F)c(S(=O)(=O)[O-])c(F)c1F.[Na+]. The molecule has 0 heterocycles. The zero-order valence-corrected chi connectivity index (χ0v) is 19.9. The van der Waals surface area contributed by atoms with Crippen LogP contribution in [-0.2, 0) is 33.9 Å². The van der Waals surface area contributed by atoms with E-state index in [1.165, 1.54) is 6.92 Å². The van der Waals surface area contributed by atoms with Gasteiger partial charge >= 0.3 is 41.5 Å². The Balaban J connectivity index is 0.00000961. The normalized spacial score (nSPS) is 10.9. The van der Waals surface area contributed by atoms with Crippen molar-refractivity contribution < 1.29 is 88.6 Å². The van der Waals surface area contributed by atoms with Crippen LogP contribution in [-0.4, -0.2) is 57.9 Å². The Kier molecular flexibility index (Phi) is 13.2. The van der Waals surface area contributed by atoms with Crippen LogP contribution in [0.1, 0.15) is 13.3 Å². The van der Waals surface area contributed by atoms with Gasteiger partial charge in [0.05, 0.1) is 32.8 Å². The maximum atomic E-state index is 13.7. The summed E-state index contributed by atoms with van der Waals surface area (Å²) in [7, 11) is -5.87. The molecule has 0 N–H and O–H groups in total. The summed E-state index contributed by atoms with van der Waals surface area (Å²) >= 11 is 0. The number of hydrogen-bond donors (Lipinski definition) is 0. The molecule has 0 atom stereocenters. The molecule has 1 rings (SSSR count). The van der Waals surface area contributed by atoms with Gasteiger partial charge in [-0.05, 0) is 6.92 Å². The molecule has 15 heteroatoms. The van der Waals surface area contributed by atoms with Gasteiger partial charge in [0.15, 0.2) is 11.6 Å². The third-order valence-corrected chi connectivity index (χ3v) is 4.14. The predicted octanol–water partition coefficient (Wildman–Crippen LogP) is -1.40. The monoisotopic (exact) mass is 496 g/mol. The van der Waals surface area contributed by atoms with E-state index in [1.807, 2.05) is 0 Å². The van der Waals surface area contributed by atoms with Crippen LogP contribution in [0, 0.1) is 23.3 Å². The van der Waals surface area contributed by atoms with Gasteiger partial charge in [-0.15, -0.1) is 0 Å². The van der Waals surface area contributed by atoms with Gasteiger partial charge in [0, 0.05) is 5.57 Å². The third-order valence-electron chi connectivity index (χ3n) is 3.28. The second-order valence-corrected chi connectivity index (χ2v) is 7.05. The number of rotatable bonds is 12. The van der Waals surface area contributed by atoms with Gasteiger partial charge in [-0.2, -0.15) is 8.78 Å². The van der Waals surface area contributed by atoms with E-state index in [9.17, 15) is 40.1 Å². The molecule has 0 bridgehead atoms. The van der Waals surface area contributed by atoms with E-state index in [4.69, 9.17) is 14.2 Å². The minimum Gasteiger partial charge on any atom is -0.744 e. The van der Waals surface area contributed by atoms with Crippen LogP contribution in [0.4, 0.5) is 17.6 Å². The fourth-order valence-electron chi connectivity index (χ4n) is 1.86. The van der Waals surface area contributed by atoms with E-state index >= 15 is 0 Å². The predicted molar refractivity (Wildman–Crippen MR) is 91.9 cm³/mol. The molecule has 0 radical (unpaired) electrons. The van der Waals surface area contributed by atoms with Crippen LogP contribution in [0.15, 0.2) is 17.0 Å². The zero-order valence-electron chi connectivity index (χ0n) is 17.0. The first kappa shape index (κ1) is 30.4. The molecule has 0 spiro atoms. The summed E-state index contributed by atoms with van der Waals surface area (Å²) in [5.74, 6) is -13.5. The van der Waals surface area contributed by atoms with E-state index in [1.54, 1.807) is 0 Å². The number of carbonyl (C=O) groups excluding carboxylic acids is 2. The molecule has 0 aliphatic carbocycles. The first-order valence-electron chi connectivity index (χ1n) is 8.38. The van der Waals surface area contributed by atoms with Crippen LogP contribution in [0.3, 0.4) is 0 Å². The van der Waals surface area contributed by atoms with Gasteiger partial charge in [-0.3, -0.25) is 4.79 Å². The summed E-state index contributed by atoms with van der Waals surface area (Å²) in [6, 6.07) is 0. The minimum atomic E-state index is -5.87. The van der Waals surface area contributed by atoms with E-state index in [0.29, 0.717) is 0 Å². The molecule has 0 amide bonds. The Morgan fingerprint density at radius 2 is 1.38 bits per heavy atom. The molecule has 0 fully saturated rings. The second-order valence-electron chi connectivity index (χ2n) is 5.73. The molecule has 0 saturated heterocycles. The molecule has 32 heavy (non-hydrogen) atoms. The molecule has 0 unspecified atom stereocenters. The van der Waals surface area contributed by atoms with Gasteiger partial charge in [0.1, 0.15) is 21.6 Å². The zero-order chi connectivity index (χ0) is 23.8. The molecule has 9 nitrogen and oxygen atoms in total. The van der Waals surface area contributed by atoms with Gasteiger partial charge in [0.2, 0.25) is 17.4 Å². The number of ether oxygens (including phenoxy) is 4. The van der Waals surface area contributed by atoms with Crippen molar-refractivity contribution in [1.82, 2.24) is 0 Å². The topological polar surface area (TPSA) is 128 Å². The Labute approximate surface area is 202 Å². The van der Waals surface area contributed by atoms with Crippen molar-refractivity contribution in [3.05, 3.63) is 35.4 Å². The number of carbonyl (C=O) groups is 2. The number of hydrogen-bond acceptors (Lipinski definition) is 9. The molecule has 0 saturated carbocycles. The van der Waals surface area contributed by atoms with Gasteiger partial charge in [0.25, 0.3) is 0 Å². The minimum absolute atomic E-state index is 0. The van der Waals surface area contributed by atoms with Crippen molar-refractivity contribution in [2.75, 3.05) is 33.0 Å². The summed E-state index contributed by atoms with van der Waals surface area (Å²) in [6.45, 7) is 4.61. The number of benzene rings is 1. The Hall–Kier alpha value is -1.55. The smallest absolute Gasteiger partial charge is 0.744 e. The van der Waals surface area contributed by atoms with Crippen molar-refractivity contribution in [1.29, 1.82) is 0 Å². The second kappa shape index (κ2) is 13.9. The summed E-state index contributed by atoms with van der Waals surface area (Å²) in [5.41, 5.74) is 0.229. The van der Waals surface area contributed by atoms with Crippen LogP contribution in [0.2, 0.25) is 0 Å². The maximum absolute atomic E-state index is 13.7. The Morgan fingerprint density at radius 3 is 1.84 bits per heavy atom. The maximum Gasteiger partial charge on any atom is 1.00 e. The first-order valence-corrected chi connectivity index (χ1v) is 9.79. The van der Waals surface area contributed by atoms with Gasteiger partial charge in [-0.25, -0.2) is 22.0 Å². The summed E-state index contributed by atoms with van der Waals surface area (Å²) in [6.07, 6.45) is -0.597. The largest absolute Gasteiger partial charge is 1.00 e. The van der Waals surface area contributed by atoms with Gasteiger partial charge in [-0.1, -0.05) is 6.58 Å². The molecule has 0 aromatic heterocycles. The summed E-state index contributed by atoms with van der Waals surface area (Å²) in [5, 5.41) is 0. The molecular weight excluding hydrogens is 479 g/mol. The van der Waals surface area contributed by atoms with Crippen LogP contribution < -0.4 is 34.3 Å². The number of halogens is 4. The fraction of sp³-hybridized carbons (Fsp3) is 0.412. The van der Waals surface area contributed by atoms with Crippen molar-refractivity contribution in [3.63, 3.8) is 0 Å². The molecule has 174 valence electrons. The van der Waals surface area contributed by atoms with E-state index in [0.717, 1.165) is 0 Å². The first-order chi connectivity index (χ1) is 14.4. The summed E-state index contributed by atoms with van der Waals surface area (Å²) < 4.78 is 106. The molecule has 1 aromatic rings. The van der Waals surface area contributed by atoms with Crippen molar-refractivity contribution in [2.45, 2.75) is 18.2 Å². The average molecular weight is 496 g/mol. The van der Waals surface area contributed by atoms with Crippen LogP contribution in [0.25, 0.3) is 0 Å². The summed E-state index contributed by atoms with van der Waals surface area (Å²) in [4.78, 5) is 20.3. The molecular formula is C17H17F4NaO9S. The average Bonchev–Trinajstić information content (AvgIpc) is 2.67. The fourth-order valence-corrected chi connectivity index (χ4v) is 2.48. The number of esters is 2. The van der Waals surface area contributed by atoms with E-state index in [2.05, 4.69) is 11.3 Å². The van der Waals surface area contributed by atoms with Crippen LogP contribution >= 0.6 is 0 Å². The molecule has 1 aromatic carbocycles. The van der Waals surface area contributed by atoms with E-state index < -0.39 is 62.4 Å². The van der Waals surface area contributed by atoms with Crippen molar-refractivity contribution in [2.24, 2.45) is 0 Å². The molecule has 0 aliphatic heterocycles. The third kappa shape index (κ3) is 9.13. The van der Waals surface area contributed by atoms with E-state index in [-0.39, 0.29) is 68.2 Å². The van der Waals surface area contributed by atoms with Crippen molar-refractivity contribution >= 4 is 22.1 Å². The Bertz CT molecular complexity index is 925. The Morgan fingerprint density at radius 1 is 0.906 bits per heavy atom. The van der Waals surface area contributed by atoms with Crippen LogP contribution in [0.5, 0.6) is 5.75 Å². The van der Waals surface area contributed by atoms with Crippen molar-refractivity contribution in [3.8, 4) is 5.75 Å².